The molecule has 0 saturated heterocycles. The third-order valence-corrected chi connectivity index (χ3v) is 5.53. The molecule has 124 valence electrons. The number of hydrogen-bond acceptors (Lipinski definition) is 5. The third-order valence-electron chi connectivity index (χ3n) is 3.61. The molecule has 7 heteroatoms. The highest BCUT2D eigenvalue weighted by atomic mass is 32.1. The fourth-order valence-electron chi connectivity index (χ4n) is 2.44. The predicted molar refractivity (Wildman–Crippen MR) is 98.6 cm³/mol. The second-order valence-electron chi connectivity index (χ2n) is 5.34. The molecule has 0 N–H and O–H groups in total. The van der Waals surface area contributed by atoms with Gasteiger partial charge in [-0.3, -0.25) is 14.7 Å². The molecule has 4 aromatic rings. The lowest BCUT2D eigenvalue weighted by molar-refractivity contribution is 0.0989. The number of rotatable bonds is 4. The molecule has 0 bridgehead atoms. The Morgan fingerprint density at radius 2 is 2.12 bits per heavy atom. The number of aromatic nitrogens is 2. The molecule has 0 fully saturated rings. The molecule has 4 nitrogen and oxygen atoms in total. The topological polar surface area (TPSA) is 46.1 Å². The van der Waals surface area contributed by atoms with Gasteiger partial charge in [0.05, 0.1) is 21.6 Å². The third kappa shape index (κ3) is 3.29. The highest BCUT2D eigenvalue weighted by Gasteiger charge is 2.22. The molecule has 0 radical (unpaired) electrons. The van der Waals surface area contributed by atoms with Crippen molar-refractivity contribution in [1.29, 1.82) is 0 Å². The van der Waals surface area contributed by atoms with Gasteiger partial charge in [0.1, 0.15) is 5.82 Å². The molecular formula is C18H12FN3OS2. The normalized spacial score (nSPS) is 10.9. The summed E-state index contributed by atoms with van der Waals surface area (Å²) < 4.78 is 14.3. The minimum Gasteiger partial charge on any atom is -0.279 e. The summed E-state index contributed by atoms with van der Waals surface area (Å²) in [6.07, 6.45) is 3.41. The molecule has 1 amide bonds. The zero-order valence-corrected chi connectivity index (χ0v) is 14.6. The van der Waals surface area contributed by atoms with E-state index < -0.39 is 0 Å². The van der Waals surface area contributed by atoms with E-state index in [4.69, 9.17) is 0 Å². The predicted octanol–water partition coefficient (Wildman–Crippen LogP) is 4.74. The minimum absolute atomic E-state index is 0.126. The quantitative estimate of drug-likeness (QED) is 0.522. The highest BCUT2D eigenvalue weighted by molar-refractivity contribution is 7.22. The van der Waals surface area contributed by atoms with Crippen molar-refractivity contribution in [1.82, 2.24) is 9.97 Å². The van der Waals surface area contributed by atoms with Crippen LogP contribution in [0, 0.1) is 5.82 Å². The number of carbonyl (C=O) groups is 1. The smallest absolute Gasteiger partial charge is 0.270 e. The van der Waals surface area contributed by atoms with Crippen molar-refractivity contribution < 1.29 is 9.18 Å². The molecule has 25 heavy (non-hydrogen) atoms. The van der Waals surface area contributed by atoms with E-state index in [0.717, 1.165) is 10.3 Å². The van der Waals surface area contributed by atoms with Crippen molar-refractivity contribution in [3.05, 3.63) is 76.5 Å². The van der Waals surface area contributed by atoms with Crippen molar-refractivity contribution >= 4 is 43.9 Å². The largest absolute Gasteiger partial charge is 0.279 e. The van der Waals surface area contributed by atoms with Gasteiger partial charge >= 0.3 is 0 Å². The van der Waals surface area contributed by atoms with Gasteiger partial charge in [0.2, 0.25) is 0 Å². The number of anilines is 1. The van der Waals surface area contributed by atoms with Gasteiger partial charge in [0.15, 0.2) is 5.13 Å². The zero-order chi connectivity index (χ0) is 17.2. The molecule has 0 saturated carbocycles. The van der Waals surface area contributed by atoms with E-state index in [-0.39, 0.29) is 11.7 Å². The average molecular weight is 369 g/mol. The number of carbonyl (C=O) groups excluding carboxylic acids is 1. The number of thiophene rings is 1. The van der Waals surface area contributed by atoms with E-state index >= 15 is 0 Å². The van der Waals surface area contributed by atoms with Crippen LogP contribution in [0.1, 0.15) is 15.2 Å². The van der Waals surface area contributed by atoms with Crippen LogP contribution in [-0.2, 0) is 6.54 Å². The van der Waals surface area contributed by atoms with E-state index in [9.17, 15) is 9.18 Å². The summed E-state index contributed by atoms with van der Waals surface area (Å²) in [5, 5.41) is 2.41. The first-order valence-corrected chi connectivity index (χ1v) is 9.21. The Labute approximate surface area is 151 Å². The van der Waals surface area contributed by atoms with Crippen molar-refractivity contribution in [2.45, 2.75) is 6.54 Å². The maximum absolute atomic E-state index is 13.5. The highest BCUT2D eigenvalue weighted by Crippen LogP contribution is 2.31. The lowest BCUT2D eigenvalue weighted by atomic mass is 10.2. The van der Waals surface area contributed by atoms with Crippen LogP contribution < -0.4 is 4.90 Å². The summed E-state index contributed by atoms with van der Waals surface area (Å²) in [5.74, 6) is -0.467. The summed E-state index contributed by atoms with van der Waals surface area (Å²) in [6.45, 7) is 0.354. The van der Waals surface area contributed by atoms with Crippen LogP contribution in [0.25, 0.3) is 10.2 Å². The Morgan fingerprint density at radius 3 is 2.88 bits per heavy atom. The van der Waals surface area contributed by atoms with E-state index in [1.54, 1.807) is 29.4 Å². The summed E-state index contributed by atoms with van der Waals surface area (Å²) in [4.78, 5) is 23.8. The fourth-order valence-corrected chi connectivity index (χ4v) is 4.05. The summed E-state index contributed by atoms with van der Waals surface area (Å²) in [7, 11) is 0. The monoisotopic (exact) mass is 369 g/mol. The Balaban J connectivity index is 1.76. The second kappa shape index (κ2) is 6.70. The lowest BCUT2D eigenvalue weighted by Crippen LogP contribution is -2.29. The van der Waals surface area contributed by atoms with Gasteiger partial charge < -0.3 is 0 Å². The number of nitrogens with zero attached hydrogens (tertiary/aromatic N) is 3. The molecule has 3 heterocycles. The van der Waals surface area contributed by atoms with Gasteiger partial charge in [-0.2, -0.15) is 0 Å². The zero-order valence-electron chi connectivity index (χ0n) is 12.9. The number of thiazole rings is 1. The summed E-state index contributed by atoms with van der Waals surface area (Å²) >= 11 is 2.75. The van der Waals surface area contributed by atoms with Crippen LogP contribution >= 0.6 is 22.7 Å². The maximum atomic E-state index is 13.5. The standard InChI is InChI=1S/C18H12FN3OS2/c19-13-5-6-15-14(9-13)21-18(25-15)22(11-12-3-1-7-20-10-12)17(23)16-4-2-8-24-16/h1-10H,11H2. The Hall–Kier alpha value is -2.64. The summed E-state index contributed by atoms with van der Waals surface area (Å²) in [5.41, 5.74) is 1.45. The van der Waals surface area contributed by atoms with Gasteiger partial charge in [0, 0.05) is 18.5 Å². The molecule has 4 rings (SSSR count). The first kappa shape index (κ1) is 15.9. The summed E-state index contributed by atoms with van der Waals surface area (Å²) in [6, 6.07) is 11.8. The number of halogens is 1. The number of pyridine rings is 1. The molecule has 0 unspecified atom stereocenters. The van der Waals surface area contributed by atoms with E-state index in [2.05, 4.69) is 9.97 Å². The van der Waals surface area contributed by atoms with Crippen molar-refractivity contribution in [3.8, 4) is 0 Å². The Morgan fingerprint density at radius 1 is 1.20 bits per heavy atom. The average Bonchev–Trinajstić information content (AvgIpc) is 3.29. The first-order valence-electron chi connectivity index (χ1n) is 7.51. The number of fused-ring (bicyclic) bond motifs is 1. The number of amides is 1. The van der Waals surface area contributed by atoms with Gasteiger partial charge in [0.25, 0.3) is 5.91 Å². The van der Waals surface area contributed by atoms with Crippen LogP contribution in [0.2, 0.25) is 0 Å². The SMILES string of the molecule is O=C(c1cccs1)N(Cc1cccnc1)c1nc2cc(F)ccc2s1. The van der Waals surface area contributed by atoms with E-state index in [0.29, 0.717) is 22.1 Å². The first-order chi connectivity index (χ1) is 12.2. The minimum atomic E-state index is -0.340. The molecule has 0 atom stereocenters. The van der Waals surface area contributed by atoms with Gasteiger partial charge in [-0.25, -0.2) is 9.37 Å². The number of benzene rings is 1. The lowest BCUT2D eigenvalue weighted by Gasteiger charge is -2.19. The van der Waals surface area contributed by atoms with E-state index in [1.165, 1.54) is 34.8 Å². The van der Waals surface area contributed by atoms with Crippen LogP contribution in [-0.4, -0.2) is 15.9 Å². The van der Waals surface area contributed by atoms with Crippen LogP contribution in [0.5, 0.6) is 0 Å². The number of hydrogen-bond donors (Lipinski definition) is 0. The van der Waals surface area contributed by atoms with Crippen molar-refractivity contribution in [2.75, 3.05) is 4.90 Å². The molecule has 0 aliphatic carbocycles. The van der Waals surface area contributed by atoms with Gasteiger partial charge in [-0.1, -0.05) is 23.5 Å². The van der Waals surface area contributed by atoms with Crippen LogP contribution in [0.4, 0.5) is 9.52 Å². The molecular weight excluding hydrogens is 357 g/mol. The van der Waals surface area contributed by atoms with Crippen molar-refractivity contribution in [3.63, 3.8) is 0 Å². The fraction of sp³-hybridized carbons (Fsp3) is 0.0556. The van der Waals surface area contributed by atoms with Gasteiger partial charge in [-0.15, -0.1) is 11.3 Å². The van der Waals surface area contributed by atoms with Crippen LogP contribution in [0.15, 0.2) is 60.2 Å². The van der Waals surface area contributed by atoms with Gasteiger partial charge in [-0.05, 0) is 35.2 Å². The molecule has 1 aromatic carbocycles. The molecule has 0 spiro atoms. The molecule has 0 aliphatic rings. The second-order valence-corrected chi connectivity index (χ2v) is 7.30. The maximum Gasteiger partial charge on any atom is 0.270 e. The van der Waals surface area contributed by atoms with Crippen molar-refractivity contribution in [2.24, 2.45) is 0 Å². The van der Waals surface area contributed by atoms with E-state index in [1.807, 2.05) is 23.6 Å². The Bertz CT molecular complexity index is 1020. The Kier molecular flexibility index (Phi) is 4.25. The van der Waals surface area contributed by atoms with Crippen LogP contribution in [0.3, 0.4) is 0 Å². The molecule has 0 aliphatic heterocycles. The molecule has 3 aromatic heterocycles.